The predicted molar refractivity (Wildman–Crippen MR) is 43.0 cm³/mol. The predicted octanol–water partition coefficient (Wildman–Crippen LogP) is 2.44. The fraction of sp³-hybridized carbons (Fsp3) is 0.286. The van der Waals surface area contributed by atoms with Gasteiger partial charge in [0.1, 0.15) is 4.60 Å². The first-order valence-electron chi connectivity index (χ1n) is 3.28. The summed E-state index contributed by atoms with van der Waals surface area (Å²) < 4.78 is 36.0. The van der Waals surface area contributed by atoms with E-state index in [1.807, 2.05) is 0 Å². The lowest BCUT2D eigenvalue weighted by Crippen LogP contribution is -2.20. The van der Waals surface area contributed by atoms with Crippen LogP contribution in [-0.2, 0) is 0 Å². The number of rotatable bonds is 1. The van der Waals surface area contributed by atoms with Crippen LogP contribution in [0.15, 0.2) is 22.9 Å². The van der Waals surface area contributed by atoms with Crippen molar-refractivity contribution < 1.29 is 18.3 Å². The van der Waals surface area contributed by atoms with Crippen molar-refractivity contribution in [2.45, 2.75) is 12.3 Å². The molecule has 1 unspecified atom stereocenters. The molecule has 0 bridgehead atoms. The second-order valence-corrected chi connectivity index (χ2v) is 3.08. The molecule has 0 fully saturated rings. The molecule has 72 valence electrons. The quantitative estimate of drug-likeness (QED) is 0.783. The highest BCUT2D eigenvalue weighted by molar-refractivity contribution is 9.10. The summed E-state index contributed by atoms with van der Waals surface area (Å²) in [4.78, 5) is 3.57. The molecule has 1 aromatic heterocycles. The van der Waals surface area contributed by atoms with E-state index in [-0.39, 0.29) is 10.2 Å². The van der Waals surface area contributed by atoms with Gasteiger partial charge in [-0.25, -0.2) is 4.98 Å². The highest BCUT2D eigenvalue weighted by Gasteiger charge is 2.40. The third-order valence-corrected chi connectivity index (χ3v) is 2.06. The van der Waals surface area contributed by atoms with Gasteiger partial charge in [-0.3, -0.25) is 0 Å². The average molecular weight is 256 g/mol. The Morgan fingerprint density at radius 1 is 1.46 bits per heavy atom. The van der Waals surface area contributed by atoms with E-state index < -0.39 is 12.3 Å². The van der Waals surface area contributed by atoms with Crippen LogP contribution < -0.4 is 0 Å². The van der Waals surface area contributed by atoms with E-state index in [2.05, 4.69) is 20.9 Å². The maximum Gasteiger partial charge on any atom is 0.418 e. The number of hydrogen-bond acceptors (Lipinski definition) is 2. The first-order valence-corrected chi connectivity index (χ1v) is 4.07. The number of aliphatic hydroxyl groups excluding tert-OH is 1. The van der Waals surface area contributed by atoms with Crippen LogP contribution in [0.2, 0.25) is 0 Å². The van der Waals surface area contributed by atoms with Gasteiger partial charge in [0.15, 0.2) is 6.10 Å². The van der Waals surface area contributed by atoms with Crippen LogP contribution in [0.3, 0.4) is 0 Å². The molecular formula is C7H5BrF3NO. The van der Waals surface area contributed by atoms with E-state index in [9.17, 15) is 13.2 Å². The first kappa shape index (κ1) is 10.5. The maximum atomic E-state index is 12.0. The molecular weight excluding hydrogens is 251 g/mol. The summed E-state index contributed by atoms with van der Waals surface area (Å²) in [5, 5.41) is 8.84. The third-order valence-electron chi connectivity index (χ3n) is 1.39. The molecule has 0 aromatic carbocycles. The van der Waals surface area contributed by atoms with Crippen molar-refractivity contribution in [3.8, 4) is 0 Å². The van der Waals surface area contributed by atoms with Crippen molar-refractivity contribution in [2.24, 2.45) is 0 Å². The summed E-state index contributed by atoms with van der Waals surface area (Å²) in [5.74, 6) is 0. The number of alkyl halides is 3. The van der Waals surface area contributed by atoms with Crippen molar-refractivity contribution in [1.82, 2.24) is 4.98 Å². The van der Waals surface area contributed by atoms with Crippen molar-refractivity contribution in [3.05, 3.63) is 28.5 Å². The molecule has 2 nitrogen and oxygen atoms in total. The topological polar surface area (TPSA) is 33.1 Å². The first-order chi connectivity index (χ1) is 5.93. The zero-order chi connectivity index (χ0) is 10.1. The van der Waals surface area contributed by atoms with Gasteiger partial charge in [-0.05, 0) is 22.0 Å². The monoisotopic (exact) mass is 255 g/mol. The molecule has 0 radical (unpaired) electrons. The molecule has 0 saturated carbocycles. The number of pyridine rings is 1. The maximum absolute atomic E-state index is 12.0. The highest BCUT2D eigenvalue weighted by Crippen LogP contribution is 2.34. The molecule has 0 aliphatic rings. The van der Waals surface area contributed by atoms with Gasteiger partial charge in [0.05, 0.1) is 0 Å². The van der Waals surface area contributed by atoms with Gasteiger partial charge in [-0.15, -0.1) is 0 Å². The van der Waals surface area contributed by atoms with E-state index in [0.717, 1.165) is 6.07 Å². The highest BCUT2D eigenvalue weighted by atomic mass is 79.9. The number of nitrogens with zero attached hydrogens (tertiary/aromatic N) is 1. The Morgan fingerprint density at radius 2 is 2.08 bits per heavy atom. The largest absolute Gasteiger partial charge is 0.418 e. The van der Waals surface area contributed by atoms with Crippen LogP contribution in [0.4, 0.5) is 13.2 Å². The molecule has 0 aliphatic heterocycles. The zero-order valence-electron chi connectivity index (χ0n) is 6.22. The molecule has 1 N–H and O–H groups in total. The minimum absolute atomic E-state index is 0.000162. The van der Waals surface area contributed by atoms with Gasteiger partial charge in [0, 0.05) is 11.8 Å². The molecule has 0 spiro atoms. The standard InChI is InChI=1S/C7H5BrF3NO/c8-6-4(2-1-3-12-6)5(13)7(9,10)11/h1-3,5,13H. The normalized spacial score (nSPS) is 14.2. The molecule has 0 amide bonds. The minimum atomic E-state index is -4.66. The molecule has 1 rings (SSSR count). The van der Waals surface area contributed by atoms with Crippen molar-refractivity contribution in [1.29, 1.82) is 0 Å². The second-order valence-electron chi connectivity index (χ2n) is 2.33. The van der Waals surface area contributed by atoms with Crippen molar-refractivity contribution in [3.63, 3.8) is 0 Å². The van der Waals surface area contributed by atoms with E-state index in [4.69, 9.17) is 5.11 Å². The van der Waals surface area contributed by atoms with E-state index in [0.29, 0.717) is 0 Å². The van der Waals surface area contributed by atoms with Gasteiger partial charge < -0.3 is 5.11 Å². The Labute approximate surface area is 80.5 Å². The Bertz CT molecular complexity index is 302. The Morgan fingerprint density at radius 3 is 2.54 bits per heavy atom. The fourth-order valence-corrected chi connectivity index (χ4v) is 1.25. The summed E-state index contributed by atoms with van der Waals surface area (Å²) in [6.45, 7) is 0. The van der Waals surface area contributed by atoms with Gasteiger partial charge in [-0.2, -0.15) is 13.2 Å². The van der Waals surface area contributed by atoms with E-state index >= 15 is 0 Å². The number of aromatic nitrogens is 1. The molecule has 1 atom stereocenters. The fourth-order valence-electron chi connectivity index (χ4n) is 0.779. The van der Waals surface area contributed by atoms with Crippen LogP contribution >= 0.6 is 15.9 Å². The lowest BCUT2D eigenvalue weighted by molar-refractivity contribution is -0.207. The van der Waals surface area contributed by atoms with Crippen molar-refractivity contribution >= 4 is 15.9 Å². The van der Waals surface area contributed by atoms with Gasteiger partial charge in [0.2, 0.25) is 0 Å². The Kier molecular flexibility index (Phi) is 2.92. The summed E-state index contributed by atoms with van der Waals surface area (Å²) >= 11 is 2.82. The average Bonchev–Trinajstić information content (AvgIpc) is 2.02. The molecule has 1 aromatic rings. The van der Waals surface area contributed by atoms with E-state index in [1.165, 1.54) is 12.3 Å². The van der Waals surface area contributed by atoms with E-state index in [1.54, 1.807) is 0 Å². The van der Waals surface area contributed by atoms with Crippen LogP contribution in [0.5, 0.6) is 0 Å². The SMILES string of the molecule is OC(c1cccnc1Br)C(F)(F)F. The molecule has 6 heteroatoms. The molecule has 0 saturated heterocycles. The third kappa shape index (κ3) is 2.41. The summed E-state index contributed by atoms with van der Waals surface area (Å²) in [6, 6.07) is 2.49. The zero-order valence-corrected chi connectivity index (χ0v) is 7.80. The van der Waals surface area contributed by atoms with Crippen LogP contribution in [0.1, 0.15) is 11.7 Å². The van der Waals surface area contributed by atoms with Gasteiger partial charge >= 0.3 is 6.18 Å². The Balaban J connectivity index is 3.02. The second kappa shape index (κ2) is 3.63. The Hall–Kier alpha value is -0.620. The van der Waals surface area contributed by atoms with Crippen LogP contribution in [0.25, 0.3) is 0 Å². The minimum Gasteiger partial charge on any atom is -0.379 e. The molecule has 13 heavy (non-hydrogen) atoms. The van der Waals surface area contributed by atoms with Crippen LogP contribution in [0, 0.1) is 0 Å². The molecule has 0 aliphatic carbocycles. The van der Waals surface area contributed by atoms with Gasteiger partial charge in [0.25, 0.3) is 0 Å². The van der Waals surface area contributed by atoms with Crippen LogP contribution in [-0.4, -0.2) is 16.3 Å². The lowest BCUT2D eigenvalue weighted by Gasteiger charge is -2.15. The van der Waals surface area contributed by atoms with Crippen molar-refractivity contribution in [2.75, 3.05) is 0 Å². The molecule has 1 heterocycles. The summed E-state index contributed by atoms with van der Waals surface area (Å²) in [5.41, 5.74) is -0.282. The van der Waals surface area contributed by atoms with Gasteiger partial charge in [-0.1, -0.05) is 6.07 Å². The lowest BCUT2D eigenvalue weighted by atomic mass is 10.1. The smallest absolute Gasteiger partial charge is 0.379 e. The number of aliphatic hydroxyl groups is 1. The summed E-state index contributed by atoms with van der Waals surface area (Å²) in [7, 11) is 0. The summed E-state index contributed by atoms with van der Waals surface area (Å²) in [6.07, 6.45) is -5.82. The number of halogens is 4. The number of hydrogen-bond donors (Lipinski definition) is 1.